The maximum absolute atomic E-state index is 10.7. The van der Waals surface area contributed by atoms with Crippen molar-refractivity contribution in [3.8, 4) is 0 Å². The molecule has 23 heavy (non-hydrogen) atoms. The first-order valence-electron chi connectivity index (χ1n) is 6.41. The van der Waals surface area contributed by atoms with Gasteiger partial charge in [-0.15, -0.1) is 0 Å². The molecule has 3 saturated heterocycles. The van der Waals surface area contributed by atoms with Crippen molar-refractivity contribution in [2.45, 2.75) is 19.4 Å². The quantitative estimate of drug-likeness (QED) is 0.481. The second-order valence-corrected chi connectivity index (χ2v) is 8.77. The zero-order valence-electron chi connectivity index (χ0n) is 12.5. The molecule has 3 rings (SSSR count). The molecule has 3 heterocycles. The van der Waals surface area contributed by atoms with Crippen LogP contribution < -0.4 is 0 Å². The molecular formula is C10H20O10S3. The van der Waals surface area contributed by atoms with Gasteiger partial charge in [-0.3, -0.25) is 16.7 Å². The first-order valence-corrected chi connectivity index (χ1v) is 10.9. The summed E-state index contributed by atoms with van der Waals surface area (Å²) in [5, 5.41) is 0. The van der Waals surface area contributed by atoms with Crippen LogP contribution in [0.1, 0.15) is 13.3 Å². The smallest absolute Gasteiger partial charge is 0.278 e. The molecule has 3 aliphatic rings. The second-order valence-electron chi connectivity index (χ2n) is 4.36. The normalized spacial score (nSPS) is 30.4. The summed E-state index contributed by atoms with van der Waals surface area (Å²) in [6.07, 6.45) is 0.493. The largest absolute Gasteiger partial charge is 0.400 e. The summed E-state index contributed by atoms with van der Waals surface area (Å²) < 4.78 is 68.4. The molecule has 0 amide bonds. The van der Waals surface area contributed by atoms with Crippen LogP contribution in [0.3, 0.4) is 0 Å². The Morgan fingerprint density at radius 1 is 0.783 bits per heavy atom. The molecule has 1 atom stereocenters. The van der Waals surface area contributed by atoms with E-state index in [-0.39, 0.29) is 12.7 Å². The summed E-state index contributed by atoms with van der Waals surface area (Å²) >= 11 is 0. The van der Waals surface area contributed by atoms with E-state index in [0.29, 0.717) is 26.4 Å². The molecule has 10 nitrogen and oxygen atoms in total. The van der Waals surface area contributed by atoms with Crippen LogP contribution in [-0.4, -0.2) is 67.7 Å². The topological polar surface area (TPSA) is 124 Å². The third-order valence-corrected chi connectivity index (χ3v) is 5.24. The number of rotatable bonds is 0. The lowest BCUT2D eigenvalue weighted by Crippen LogP contribution is -2.18. The van der Waals surface area contributed by atoms with Crippen molar-refractivity contribution >= 4 is 42.3 Å². The zero-order valence-corrected chi connectivity index (χ0v) is 15.0. The fourth-order valence-electron chi connectivity index (χ4n) is 1.26. The van der Waals surface area contributed by atoms with Crippen LogP contribution in [0.15, 0.2) is 0 Å². The van der Waals surface area contributed by atoms with Gasteiger partial charge in [0, 0.05) is 11.7 Å². The molecule has 0 aromatic carbocycles. The lowest BCUT2D eigenvalue weighted by atomic mass is 10.5. The first-order chi connectivity index (χ1) is 10.5. The highest BCUT2D eigenvalue weighted by Gasteiger charge is 2.25. The third-order valence-electron chi connectivity index (χ3n) is 2.15. The van der Waals surface area contributed by atoms with Crippen LogP contribution in [0.4, 0.5) is 0 Å². The molecule has 0 radical (unpaired) electrons. The summed E-state index contributed by atoms with van der Waals surface area (Å²) in [6.45, 7) is 3.59. The van der Waals surface area contributed by atoms with Gasteiger partial charge in [-0.2, -0.15) is 8.42 Å². The molecule has 138 valence electrons. The molecule has 1 unspecified atom stereocenters. The molecule has 0 aromatic rings. The van der Waals surface area contributed by atoms with Gasteiger partial charge in [0.05, 0.1) is 33.0 Å². The molecule has 0 bridgehead atoms. The monoisotopic (exact) mass is 396 g/mol. The molecular weight excluding hydrogens is 376 g/mol. The molecule has 0 saturated carbocycles. The summed E-state index contributed by atoms with van der Waals surface area (Å²) in [4.78, 5) is 0. The predicted molar refractivity (Wildman–Crippen MR) is 84.4 cm³/mol. The van der Waals surface area contributed by atoms with Gasteiger partial charge in [-0.05, 0) is 13.3 Å². The SMILES string of the molecule is C=S1(=O)OCCCO1.C=S1(=O)OCCO1.CC1COS(=O)(=O)O1. The van der Waals surface area contributed by atoms with E-state index in [9.17, 15) is 16.8 Å². The van der Waals surface area contributed by atoms with Crippen LogP contribution in [-0.2, 0) is 55.7 Å². The Bertz CT molecular complexity index is 617. The van der Waals surface area contributed by atoms with Crippen LogP contribution >= 0.6 is 0 Å². The third kappa shape index (κ3) is 9.59. The van der Waals surface area contributed by atoms with E-state index in [4.69, 9.17) is 0 Å². The van der Waals surface area contributed by atoms with Crippen LogP contribution in [0.5, 0.6) is 0 Å². The van der Waals surface area contributed by atoms with Gasteiger partial charge < -0.3 is 0 Å². The summed E-state index contributed by atoms with van der Waals surface area (Å²) in [6, 6.07) is 0. The highest BCUT2D eigenvalue weighted by molar-refractivity contribution is 7.91. The standard InChI is InChI=1S/C4H8O3S.C3H6O4S.C3H6O3S/c1-8(5)6-3-2-4-7-8;1-3-2-6-8(4,5)7-3;1-7(4)5-2-3-6-7/h1-4H2;3H,2H2,1H3;1-3H2. The second kappa shape index (κ2) is 8.73. The summed E-state index contributed by atoms with van der Waals surface area (Å²) in [5.74, 6) is 6.37. The molecule has 0 aliphatic carbocycles. The van der Waals surface area contributed by atoms with Gasteiger partial charge in [-0.1, -0.05) is 0 Å². The van der Waals surface area contributed by atoms with E-state index in [1.165, 1.54) is 0 Å². The van der Waals surface area contributed by atoms with E-state index in [0.717, 1.165) is 6.42 Å². The molecule has 0 spiro atoms. The Morgan fingerprint density at radius 3 is 1.39 bits per heavy atom. The minimum atomic E-state index is -3.60. The maximum atomic E-state index is 10.7. The Hall–Kier alpha value is -0.250. The molecule has 0 N–H and O–H groups in total. The van der Waals surface area contributed by atoms with E-state index in [1.807, 2.05) is 0 Å². The minimum absolute atomic E-state index is 0.141. The Labute approximate surface area is 137 Å². The Balaban J connectivity index is 0.000000173. The van der Waals surface area contributed by atoms with Gasteiger partial charge in [0.15, 0.2) is 20.2 Å². The van der Waals surface area contributed by atoms with Gasteiger partial charge in [0.25, 0.3) is 0 Å². The molecule has 13 heteroatoms. The molecule has 0 aromatic heterocycles. The summed E-state index contributed by atoms with van der Waals surface area (Å²) in [5.41, 5.74) is 0. The highest BCUT2D eigenvalue weighted by Crippen LogP contribution is 2.10. The lowest BCUT2D eigenvalue weighted by Gasteiger charge is -2.14. The van der Waals surface area contributed by atoms with Crippen LogP contribution in [0.25, 0.3) is 0 Å². The molecule has 3 fully saturated rings. The first kappa shape index (κ1) is 20.8. The van der Waals surface area contributed by atoms with Gasteiger partial charge in [0.1, 0.15) is 6.10 Å². The van der Waals surface area contributed by atoms with Crippen molar-refractivity contribution in [3.63, 3.8) is 0 Å². The van der Waals surface area contributed by atoms with E-state index >= 15 is 0 Å². The van der Waals surface area contributed by atoms with Gasteiger partial charge in [-0.25, -0.2) is 16.8 Å². The van der Waals surface area contributed by atoms with Gasteiger partial charge in [0.2, 0.25) is 0 Å². The predicted octanol–water partition coefficient (Wildman–Crippen LogP) is -0.784. The van der Waals surface area contributed by atoms with Crippen LogP contribution in [0.2, 0.25) is 0 Å². The molecule has 3 aliphatic heterocycles. The van der Waals surface area contributed by atoms with Crippen molar-refractivity contribution in [2.24, 2.45) is 0 Å². The Morgan fingerprint density at radius 2 is 1.22 bits per heavy atom. The van der Waals surface area contributed by atoms with E-state index in [2.05, 4.69) is 36.8 Å². The van der Waals surface area contributed by atoms with Crippen molar-refractivity contribution in [1.82, 2.24) is 0 Å². The minimum Gasteiger partial charge on any atom is -0.278 e. The zero-order chi connectivity index (χ0) is 17.6. The number of hydrogen-bond donors (Lipinski definition) is 0. The van der Waals surface area contributed by atoms with Crippen molar-refractivity contribution in [3.05, 3.63) is 0 Å². The average molecular weight is 396 g/mol. The Kier molecular flexibility index (Phi) is 7.89. The van der Waals surface area contributed by atoms with Crippen molar-refractivity contribution in [1.29, 1.82) is 0 Å². The van der Waals surface area contributed by atoms with Crippen LogP contribution in [0, 0.1) is 0 Å². The van der Waals surface area contributed by atoms with Gasteiger partial charge >= 0.3 is 10.4 Å². The van der Waals surface area contributed by atoms with Crippen molar-refractivity contribution in [2.75, 3.05) is 33.0 Å². The van der Waals surface area contributed by atoms with E-state index < -0.39 is 30.6 Å². The summed E-state index contributed by atoms with van der Waals surface area (Å²) in [7, 11) is -8.72. The lowest BCUT2D eigenvalue weighted by molar-refractivity contribution is 0.182. The fraction of sp³-hybridized carbons (Fsp3) is 0.800. The number of hydrogen-bond acceptors (Lipinski definition) is 10. The van der Waals surface area contributed by atoms with E-state index in [1.54, 1.807) is 6.92 Å². The maximum Gasteiger partial charge on any atom is 0.400 e. The fourth-order valence-corrected chi connectivity index (χ4v) is 3.65. The van der Waals surface area contributed by atoms with Crippen molar-refractivity contribution < 1.29 is 41.9 Å². The highest BCUT2D eigenvalue weighted by atomic mass is 32.3. The average Bonchev–Trinajstić information content (AvgIpc) is 2.95.